The maximum absolute atomic E-state index is 13.8. The van der Waals surface area contributed by atoms with Crippen LogP contribution >= 0.6 is 11.6 Å². The van der Waals surface area contributed by atoms with Crippen LogP contribution in [0, 0.1) is 18.6 Å². The molecule has 1 N–H and O–H groups in total. The minimum Gasteiger partial charge on any atom is -0.471 e. The second kappa shape index (κ2) is 10.3. The molecule has 7 nitrogen and oxygen atoms in total. The Balaban J connectivity index is 1.55. The van der Waals surface area contributed by atoms with Crippen LogP contribution in [0.3, 0.4) is 0 Å². The first-order valence-corrected chi connectivity index (χ1v) is 11.0. The normalized spacial score (nSPS) is 14.1. The first-order valence-electron chi connectivity index (χ1n) is 10.7. The van der Waals surface area contributed by atoms with Crippen LogP contribution in [0.1, 0.15) is 34.3 Å². The number of nitrogens with zero attached hydrogens (tertiary/aromatic N) is 2. The number of hydrogen-bond acceptors (Lipinski definition) is 5. The molecule has 1 aliphatic heterocycles. The van der Waals surface area contributed by atoms with Gasteiger partial charge < -0.3 is 14.8 Å². The van der Waals surface area contributed by atoms with Gasteiger partial charge in [-0.25, -0.2) is 13.8 Å². The minimum atomic E-state index is -0.782. The molecular formula is C24H22ClF2N3O4. The number of nitrogens with one attached hydrogen (secondary N) is 1. The van der Waals surface area contributed by atoms with Gasteiger partial charge in [0, 0.05) is 36.4 Å². The number of carbonyl (C=O) groups is 1. The van der Waals surface area contributed by atoms with E-state index in [0.29, 0.717) is 24.5 Å². The highest BCUT2D eigenvalue weighted by molar-refractivity contribution is 6.31. The van der Waals surface area contributed by atoms with Gasteiger partial charge in [-0.1, -0.05) is 17.7 Å². The van der Waals surface area contributed by atoms with Crippen LogP contribution in [0.25, 0.3) is 5.69 Å². The summed E-state index contributed by atoms with van der Waals surface area (Å²) >= 11 is 6.20. The van der Waals surface area contributed by atoms with Gasteiger partial charge in [0.15, 0.2) is 5.02 Å². The highest BCUT2D eigenvalue weighted by atomic mass is 35.5. The zero-order chi connectivity index (χ0) is 24.2. The average Bonchev–Trinajstić information content (AvgIpc) is 2.82. The van der Waals surface area contributed by atoms with Gasteiger partial charge in [0.25, 0.3) is 11.5 Å². The van der Waals surface area contributed by atoms with Gasteiger partial charge in [-0.3, -0.25) is 14.2 Å². The lowest BCUT2D eigenvalue weighted by molar-refractivity contribution is 0.0696. The van der Waals surface area contributed by atoms with E-state index >= 15 is 0 Å². The Hall–Kier alpha value is -3.30. The lowest BCUT2D eigenvalue weighted by atomic mass is 10.1. The highest BCUT2D eigenvalue weighted by Gasteiger charge is 2.19. The summed E-state index contributed by atoms with van der Waals surface area (Å²) in [5, 5.41) is 2.68. The van der Waals surface area contributed by atoms with Crippen molar-refractivity contribution in [3.05, 3.63) is 86.4 Å². The minimum absolute atomic E-state index is 0.0345. The van der Waals surface area contributed by atoms with Crippen molar-refractivity contribution in [3.8, 4) is 11.6 Å². The number of aryl methyl sites for hydroxylation is 1. The van der Waals surface area contributed by atoms with Crippen molar-refractivity contribution in [2.24, 2.45) is 0 Å². The number of carbonyl (C=O) groups excluding carboxylic acids is 1. The molecule has 1 fully saturated rings. The first-order chi connectivity index (χ1) is 16.3. The van der Waals surface area contributed by atoms with Crippen molar-refractivity contribution in [1.29, 1.82) is 0 Å². The number of halogens is 3. The second-order valence-corrected chi connectivity index (χ2v) is 8.30. The van der Waals surface area contributed by atoms with Gasteiger partial charge >= 0.3 is 0 Å². The average molecular weight is 490 g/mol. The molecule has 0 spiro atoms. The molecule has 0 aliphatic carbocycles. The molecule has 2 heterocycles. The molecular weight excluding hydrogens is 468 g/mol. The lowest BCUT2D eigenvalue weighted by Gasteiger charge is -2.23. The highest BCUT2D eigenvalue weighted by Crippen LogP contribution is 2.22. The quantitative estimate of drug-likeness (QED) is 0.567. The van der Waals surface area contributed by atoms with E-state index in [2.05, 4.69) is 10.3 Å². The number of benzene rings is 2. The molecule has 3 aromatic rings. The standard InChI is InChI=1S/C24H22ClF2N3O4/c1-14-2-3-15(22(31)29-18-6-8-33-9-7-18)10-20(14)30-13-28-23(21(25)24(30)32)34-12-16-4-5-17(26)11-19(16)27/h2-5,10-11,13,18H,6-9,12H2,1H3,(H,29,31). The summed E-state index contributed by atoms with van der Waals surface area (Å²) in [5.74, 6) is -1.92. The molecule has 0 unspecified atom stereocenters. The van der Waals surface area contributed by atoms with Crippen molar-refractivity contribution >= 4 is 17.5 Å². The first kappa shape index (κ1) is 23.8. The molecule has 10 heteroatoms. The predicted octanol–water partition coefficient (Wildman–Crippen LogP) is 3.96. The Morgan fingerprint density at radius 1 is 1.24 bits per heavy atom. The smallest absolute Gasteiger partial charge is 0.280 e. The zero-order valence-corrected chi connectivity index (χ0v) is 19.1. The van der Waals surface area contributed by atoms with Crippen LogP contribution in [0.4, 0.5) is 8.78 Å². The van der Waals surface area contributed by atoms with E-state index in [1.54, 1.807) is 25.1 Å². The summed E-state index contributed by atoms with van der Waals surface area (Å²) in [6.45, 7) is 2.71. The monoisotopic (exact) mass is 489 g/mol. The largest absolute Gasteiger partial charge is 0.471 e. The third-order valence-corrected chi connectivity index (χ3v) is 5.88. The van der Waals surface area contributed by atoms with Crippen molar-refractivity contribution in [2.75, 3.05) is 13.2 Å². The topological polar surface area (TPSA) is 82.4 Å². The summed E-state index contributed by atoms with van der Waals surface area (Å²) in [6, 6.07) is 8.12. The molecule has 0 radical (unpaired) electrons. The molecule has 1 saturated heterocycles. The fraction of sp³-hybridized carbons (Fsp3) is 0.292. The fourth-order valence-corrected chi connectivity index (χ4v) is 3.79. The maximum atomic E-state index is 13.8. The molecule has 34 heavy (non-hydrogen) atoms. The molecule has 178 valence electrons. The van der Waals surface area contributed by atoms with Crippen LogP contribution in [0.5, 0.6) is 5.88 Å². The number of aromatic nitrogens is 2. The Kier molecular flexibility index (Phi) is 7.23. The van der Waals surface area contributed by atoms with Crippen LogP contribution in [-0.2, 0) is 11.3 Å². The number of rotatable bonds is 6. The maximum Gasteiger partial charge on any atom is 0.280 e. The van der Waals surface area contributed by atoms with Gasteiger partial charge in [0.05, 0.1) is 5.69 Å². The zero-order valence-electron chi connectivity index (χ0n) is 18.3. The number of ether oxygens (including phenoxy) is 2. The van der Waals surface area contributed by atoms with E-state index in [4.69, 9.17) is 21.1 Å². The van der Waals surface area contributed by atoms with Gasteiger partial charge in [-0.15, -0.1) is 0 Å². The van der Waals surface area contributed by atoms with E-state index in [1.807, 2.05) is 0 Å². The van der Waals surface area contributed by atoms with E-state index in [-0.39, 0.29) is 35.0 Å². The molecule has 1 aliphatic rings. The van der Waals surface area contributed by atoms with Crippen LogP contribution in [0.15, 0.2) is 47.5 Å². The molecule has 4 rings (SSSR count). The Labute approximate surface area is 199 Å². The van der Waals surface area contributed by atoms with Crippen LogP contribution < -0.4 is 15.6 Å². The molecule has 0 atom stereocenters. The van der Waals surface area contributed by atoms with Crippen molar-refractivity contribution < 1.29 is 23.0 Å². The van der Waals surface area contributed by atoms with Gasteiger partial charge in [0.2, 0.25) is 5.88 Å². The van der Waals surface area contributed by atoms with Gasteiger partial charge in [0.1, 0.15) is 24.6 Å². The summed E-state index contributed by atoms with van der Waals surface area (Å²) in [4.78, 5) is 29.7. The Morgan fingerprint density at radius 2 is 2.00 bits per heavy atom. The SMILES string of the molecule is Cc1ccc(C(=O)NC2CCOCC2)cc1-n1cnc(OCc2ccc(F)cc2F)c(Cl)c1=O. The summed E-state index contributed by atoms with van der Waals surface area (Å²) < 4.78 is 38.8. The van der Waals surface area contributed by atoms with Crippen molar-refractivity contribution in [1.82, 2.24) is 14.9 Å². The van der Waals surface area contributed by atoms with Crippen LogP contribution in [0.2, 0.25) is 5.02 Å². The van der Waals surface area contributed by atoms with Crippen molar-refractivity contribution in [3.63, 3.8) is 0 Å². The molecule has 0 bridgehead atoms. The number of hydrogen-bond donors (Lipinski definition) is 1. The van der Waals surface area contributed by atoms with Gasteiger partial charge in [-0.05, 0) is 49.6 Å². The van der Waals surface area contributed by atoms with Gasteiger partial charge in [-0.2, -0.15) is 0 Å². The third kappa shape index (κ3) is 5.26. The summed E-state index contributed by atoms with van der Waals surface area (Å²) in [5.41, 5.74) is 1.03. The van der Waals surface area contributed by atoms with Crippen molar-refractivity contribution in [2.45, 2.75) is 32.4 Å². The fourth-order valence-electron chi connectivity index (χ4n) is 3.59. The Bertz CT molecular complexity index is 1280. The van der Waals surface area contributed by atoms with Crippen LogP contribution in [-0.4, -0.2) is 34.7 Å². The number of amides is 1. The van der Waals surface area contributed by atoms with E-state index < -0.39 is 17.2 Å². The van der Waals surface area contributed by atoms with E-state index in [0.717, 1.165) is 30.5 Å². The molecule has 1 aromatic heterocycles. The van der Waals surface area contributed by atoms with E-state index in [9.17, 15) is 18.4 Å². The second-order valence-electron chi connectivity index (χ2n) is 7.92. The summed E-state index contributed by atoms with van der Waals surface area (Å²) in [6.07, 6.45) is 2.71. The predicted molar refractivity (Wildman–Crippen MR) is 122 cm³/mol. The molecule has 0 saturated carbocycles. The molecule has 1 amide bonds. The summed E-state index contributed by atoms with van der Waals surface area (Å²) in [7, 11) is 0. The van der Waals surface area contributed by atoms with E-state index in [1.165, 1.54) is 17.0 Å². The third-order valence-electron chi connectivity index (χ3n) is 5.55. The molecule has 2 aromatic carbocycles. The lowest BCUT2D eigenvalue weighted by Crippen LogP contribution is -2.39. The Morgan fingerprint density at radius 3 is 2.74 bits per heavy atom.